The number of rotatable bonds is 1. The lowest BCUT2D eigenvalue weighted by Crippen LogP contribution is -2.17. The van der Waals surface area contributed by atoms with E-state index in [0.717, 1.165) is 35.2 Å². The molecule has 1 aromatic heterocycles. The molecule has 0 N–H and O–H groups in total. The minimum absolute atomic E-state index is 0.746. The number of fused-ring (bicyclic) bond motifs is 1. The third kappa shape index (κ3) is 1.98. The van der Waals surface area contributed by atoms with Gasteiger partial charge >= 0.3 is 0 Å². The van der Waals surface area contributed by atoms with Crippen LogP contribution in [0.5, 0.6) is 0 Å². The Balaban J connectivity index is 2.03. The molecule has 0 bridgehead atoms. The zero-order valence-corrected chi connectivity index (χ0v) is 10.6. The van der Waals surface area contributed by atoms with Crippen LogP contribution in [0.1, 0.15) is 19.2 Å². The Morgan fingerprint density at radius 3 is 3.00 bits per heavy atom. The highest BCUT2D eigenvalue weighted by atomic mass is 35.5. The first-order chi connectivity index (χ1) is 8.24. The molecule has 0 aliphatic carbocycles. The van der Waals surface area contributed by atoms with Crippen LogP contribution in [0.4, 0.5) is 0 Å². The van der Waals surface area contributed by atoms with Gasteiger partial charge in [-0.05, 0) is 18.4 Å². The summed E-state index contributed by atoms with van der Waals surface area (Å²) in [5, 5.41) is 0.774. The van der Waals surface area contributed by atoms with Crippen molar-refractivity contribution >= 4 is 11.6 Å². The van der Waals surface area contributed by atoms with Crippen molar-refractivity contribution in [2.45, 2.75) is 26.3 Å². The van der Waals surface area contributed by atoms with E-state index in [-0.39, 0.29) is 0 Å². The van der Waals surface area contributed by atoms with Crippen molar-refractivity contribution < 1.29 is 0 Å². The summed E-state index contributed by atoms with van der Waals surface area (Å²) >= 11 is 6.20. The summed E-state index contributed by atoms with van der Waals surface area (Å²) in [6, 6.07) is 7.89. The molecule has 3 rings (SSSR count). The molecule has 17 heavy (non-hydrogen) atoms. The van der Waals surface area contributed by atoms with Crippen LogP contribution in [0.2, 0.25) is 5.02 Å². The van der Waals surface area contributed by atoms with E-state index in [1.165, 1.54) is 12.2 Å². The highest BCUT2D eigenvalue weighted by Crippen LogP contribution is 2.29. The number of benzene rings is 1. The van der Waals surface area contributed by atoms with Crippen LogP contribution in [0.15, 0.2) is 30.5 Å². The lowest BCUT2D eigenvalue weighted by atomic mass is 10.0. The molecular formula is C14H15ClN2. The van der Waals surface area contributed by atoms with E-state index in [2.05, 4.69) is 17.7 Å². The van der Waals surface area contributed by atoms with Crippen molar-refractivity contribution in [3.05, 3.63) is 41.3 Å². The van der Waals surface area contributed by atoms with E-state index < -0.39 is 0 Å². The lowest BCUT2D eigenvalue weighted by molar-refractivity contribution is 0.394. The van der Waals surface area contributed by atoms with Crippen LogP contribution in [-0.4, -0.2) is 9.55 Å². The van der Waals surface area contributed by atoms with Crippen LogP contribution in [-0.2, 0) is 13.0 Å². The van der Waals surface area contributed by atoms with Gasteiger partial charge in [0.15, 0.2) is 0 Å². The van der Waals surface area contributed by atoms with E-state index >= 15 is 0 Å². The van der Waals surface area contributed by atoms with Gasteiger partial charge in [0.05, 0.1) is 10.7 Å². The second-order valence-electron chi connectivity index (χ2n) is 4.82. The van der Waals surface area contributed by atoms with Crippen molar-refractivity contribution in [2.24, 2.45) is 5.92 Å². The van der Waals surface area contributed by atoms with Gasteiger partial charge < -0.3 is 4.57 Å². The van der Waals surface area contributed by atoms with Gasteiger partial charge in [-0.1, -0.05) is 36.7 Å². The second-order valence-corrected chi connectivity index (χ2v) is 5.23. The number of aryl methyl sites for hydroxylation is 1. The molecule has 1 aromatic carbocycles. The van der Waals surface area contributed by atoms with Crippen LogP contribution in [0, 0.1) is 5.92 Å². The Kier molecular flexibility index (Phi) is 2.67. The van der Waals surface area contributed by atoms with E-state index in [4.69, 9.17) is 16.6 Å². The molecule has 0 amide bonds. The van der Waals surface area contributed by atoms with Crippen LogP contribution in [0.25, 0.3) is 11.3 Å². The van der Waals surface area contributed by atoms with Crippen molar-refractivity contribution in [3.63, 3.8) is 0 Å². The molecule has 0 fully saturated rings. The zero-order chi connectivity index (χ0) is 11.8. The number of hydrogen-bond donors (Lipinski definition) is 0. The number of halogens is 1. The fourth-order valence-corrected chi connectivity index (χ4v) is 2.65. The number of imidazole rings is 1. The number of aromatic nitrogens is 2. The average Bonchev–Trinajstić information content (AvgIpc) is 2.72. The molecule has 0 saturated carbocycles. The SMILES string of the molecule is CC1CCc2nc(-c3ccccc3Cl)cn2C1. The number of hydrogen-bond acceptors (Lipinski definition) is 1. The summed E-state index contributed by atoms with van der Waals surface area (Å²) in [5.74, 6) is 1.94. The van der Waals surface area contributed by atoms with E-state index in [1.54, 1.807) is 0 Å². The van der Waals surface area contributed by atoms with Crippen molar-refractivity contribution in [1.29, 1.82) is 0 Å². The van der Waals surface area contributed by atoms with Crippen molar-refractivity contribution in [1.82, 2.24) is 9.55 Å². The van der Waals surface area contributed by atoms with Gasteiger partial charge in [0.25, 0.3) is 0 Å². The van der Waals surface area contributed by atoms with Gasteiger partial charge in [0.1, 0.15) is 5.82 Å². The predicted molar refractivity (Wildman–Crippen MR) is 70.2 cm³/mol. The van der Waals surface area contributed by atoms with Gasteiger partial charge in [-0.15, -0.1) is 0 Å². The molecule has 0 radical (unpaired) electrons. The normalized spacial score (nSPS) is 19.1. The average molecular weight is 247 g/mol. The van der Waals surface area contributed by atoms with Crippen LogP contribution in [0.3, 0.4) is 0 Å². The summed E-state index contributed by atoms with van der Waals surface area (Å²) in [6.07, 6.45) is 4.44. The highest BCUT2D eigenvalue weighted by molar-refractivity contribution is 6.33. The first-order valence-corrected chi connectivity index (χ1v) is 6.43. The molecule has 2 nitrogen and oxygen atoms in total. The van der Waals surface area contributed by atoms with Crippen LogP contribution < -0.4 is 0 Å². The maximum atomic E-state index is 6.20. The Bertz CT molecular complexity index is 545. The first-order valence-electron chi connectivity index (χ1n) is 6.05. The van der Waals surface area contributed by atoms with Crippen LogP contribution >= 0.6 is 11.6 Å². The van der Waals surface area contributed by atoms with E-state index in [9.17, 15) is 0 Å². The molecular weight excluding hydrogens is 232 g/mol. The first kappa shape index (κ1) is 10.8. The smallest absolute Gasteiger partial charge is 0.109 e. The van der Waals surface area contributed by atoms with Crippen molar-refractivity contribution in [2.75, 3.05) is 0 Å². The fourth-order valence-electron chi connectivity index (χ4n) is 2.41. The third-order valence-electron chi connectivity index (χ3n) is 3.38. The van der Waals surface area contributed by atoms with Crippen molar-refractivity contribution in [3.8, 4) is 11.3 Å². The second kappa shape index (κ2) is 4.19. The topological polar surface area (TPSA) is 17.8 Å². The van der Waals surface area contributed by atoms with Gasteiger partial charge in [0, 0.05) is 24.7 Å². The van der Waals surface area contributed by atoms with Gasteiger partial charge in [0.2, 0.25) is 0 Å². The zero-order valence-electron chi connectivity index (χ0n) is 9.86. The lowest BCUT2D eigenvalue weighted by Gasteiger charge is -2.19. The molecule has 2 aromatic rings. The molecule has 88 valence electrons. The molecule has 1 unspecified atom stereocenters. The summed E-state index contributed by atoms with van der Waals surface area (Å²) in [4.78, 5) is 4.69. The molecule has 1 aliphatic heterocycles. The third-order valence-corrected chi connectivity index (χ3v) is 3.71. The maximum Gasteiger partial charge on any atom is 0.109 e. The Labute approximate surface area is 106 Å². The summed E-state index contributed by atoms with van der Waals surface area (Å²) < 4.78 is 2.27. The summed E-state index contributed by atoms with van der Waals surface area (Å²) in [5.41, 5.74) is 2.03. The maximum absolute atomic E-state index is 6.20. The van der Waals surface area contributed by atoms with E-state index in [0.29, 0.717) is 0 Å². The van der Waals surface area contributed by atoms with E-state index in [1.807, 2.05) is 24.3 Å². The van der Waals surface area contributed by atoms with Gasteiger partial charge in [-0.3, -0.25) is 0 Å². The summed E-state index contributed by atoms with van der Waals surface area (Å²) in [7, 11) is 0. The van der Waals surface area contributed by atoms with Gasteiger partial charge in [-0.25, -0.2) is 4.98 Å². The predicted octanol–water partition coefficient (Wildman–Crippen LogP) is 3.79. The minimum atomic E-state index is 0.746. The van der Waals surface area contributed by atoms with Gasteiger partial charge in [-0.2, -0.15) is 0 Å². The largest absolute Gasteiger partial charge is 0.334 e. The molecule has 1 atom stereocenters. The number of nitrogens with zero attached hydrogens (tertiary/aromatic N) is 2. The highest BCUT2D eigenvalue weighted by Gasteiger charge is 2.18. The summed E-state index contributed by atoms with van der Waals surface area (Å²) in [6.45, 7) is 3.37. The Hall–Kier alpha value is -1.28. The Morgan fingerprint density at radius 1 is 1.35 bits per heavy atom. The molecule has 0 saturated heterocycles. The standard InChI is InChI=1S/C14H15ClN2/c1-10-6-7-14-16-13(9-17(14)8-10)11-4-2-3-5-12(11)15/h2-5,9-10H,6-8H2,1H3. The Morgan fingerprint density at radius 2 is 2.18 bits per heavy atom. The fraction of sp³-hybridized carbons (Fsp3) is 0.357. The molecule has 2 heterocycles. The minimum Gasteiger partial charge on any atom is -0.334 e. The molecule has 0 spiro atoms. The molecule has 1 aliphatic rings. The molecule has 3 heteroatoms. The quantitative estimate of drug-likeness (QED) is 0.749. The monoisotopic (exact) mass is 246 g/mol.